The smallest absolute Gasteiger partial charge is 0.300 e. The summed E-state index contributed by atoms with van der Waals surface area (Å²) in [7, 11) is 0. The van der Waals surface area contributed by atoms with Crippen LogP contribution in [0.4, 0.5) is 5.69 Å². The molecule has 5 rings (SSSR count). The molecule has 1 aliphatic rings. The maximum atomic E-state index is 9.77. The molecule has 4 aromatic rings. The normalized spacial score (nSPS) is 14.5. The Morgan fingerprint density at radius 2 is 1.34 bits per heavy atom. The molecular formula is C30H22N4Pt. The molecule has 1 aliphatic heterocycles. The van der Waals surface area contributed by atoms with Crippen LogP contribution in [-0.4, -0.2) is 9.97 Å². The molecule has 0 spiro atoms. The summed E-state index contributed by atoms with van der Waals surface area (Å²) >= 11 is 0. The molecule has 0 fully saturated rings. The van der Waals surface area contributed by atoms with Crippen molar-refractivity contribution in [3.05, 3.63) is 112 Å². The number of fused-ring (bicyclic) bond motifs is 10. The van der Waals surface area contributed by atoms with Gasteiger partial charge in [0, 0.05) is 16.8 Å². The van der Waals surface area contributed by atoms with Crippen LogP contribution in [0.15, 0.2) is 60.7 Å². The Kier molecular flexibility index (Phi) is 6.23. The second-order valence-corrected chi connectivity index (χ2v) is 9.65. The minimum Gasteiger partial charge on any atom is -0.300 e. The zero-order valence-electron chi connectivity index (χ0n) is 19.9. The van der Waals surface area contributed by atoms with Gasteiger partial charge in [-0.1, -0.05) is 38.1 Å². The number of nitrogens with zero attached hydrogens (tertiary/aromatic N) is 4. The third-order valence-electron chi connectivity index (χ3n) is 6.66. The molecule has 3 heterocycles. The van der Waals surface area contributed by atoms with E-state index in [9.17, 15) is 5.26 Å². The summed E-state index contributed by atoms with van der Waals surface area (Å²) in [4.78, 5) is 13.7. The van der Waals surface area contributed by atoms with Gasteiger partial charge in [-0.25, -0.2) is 0 Å². The summed E-state index contributed by atoms with van der Waals surface area (Å²) in [6.07, 6.45) is 0. The molecule has 0 saturated heterocycles. The summed E-state index contributed by atoms with van der Waals surface area (Å²) in [5, 5.41) is 9.77. The molecule has 0 amide bonds. The first-order chi connectivity index (χ1) is 16.2. The van der Waals surface area contributed by atoms with Crippen molar-refractivity contribution in [2.45, 2.75) is 38.5 Å². The van der Waals surface area contributed by atoms with E-state index >= 15 is 0 Å². The van der Waals surface area contributed by atoms with E-state index in [0.717, 1.165) is 45.0 Å². The maximum absolute atomic E-state index is 9.77. The summed E-state index contributed by atoms with van der Waals surface area (Å²) in [6.45, 7) is 16.0. The Morgan fingerprint density at radius 3 is 1.89 bits per heavy atom. The predicted molar refractivity (Wildman–Crippen MR) is 132 cm³/mol. The molecule has 0 unspecified atom stereocenters. The van der Waals surface area contributed by atoms with Crippen molar-refractivity contribution in [2.75, 3.05) is 0 Å². The van der Waals surface area contributed by atoms with Crippen LogP contribution < -0.4 is 0 Å². The standard InChI is InChI=1S/C30H22N4.Pt/c1-29(2)22-13-19(18-31)12-20(14-22)25-8-6-10-27(33-25)30(3,4)28-11-7-9-26(34-28)21-15-23(29)17-24(16-21)32-5;/h6-13,16-17H,1-4H3;/q-2;+2. The molecule has 172 valence electrons. The molecule has 4 nitrogen and oxygen atoms in total. The predicted octanol–water partition coefficient (Wildman–Crippen LogP) is 6.80. The number of rotatable bonds is 0. The Bertz CT molecular complexity index is 1420. The largest absolute Gasteiger partial charge is 2.00 e. The maximum Gasteiger partial charge on any atom is 2.00 e. The molecule has 0 saturated carbocycles. The second kappa shape index (κ2) is 8.88. The van der Waals surface area contributed by atoms with Crippen molar-refractivity contribution < 1.29 is 21.1 Å². The number of aromatic nitrogens is 2. The van der Waals surface area contributed by atoms with Crippen LogP contribution in [0.3, 0.4) is 0 Å². The van der Waals surface area contributed by atoms with E-state index in [4.69, 9.17) is 16.5 Å². The first-order valence-corrected chi connectivity index (χ1v) is 11.1. The third-order valence-corrected chi connectivity index (χ3v) is 6.66. The van der Waals surface area contributed by atoms with E-state index in [2.05, 4.69) is 50.7 Å². The minimum absolute atomic E-state index is 0. The summed E-state index contributed by atoms with van der Waals surface area (Å²) in [5.74, 6) is 0. The number of hydrogen-bond acceptors (Lipinski definition) is 3. The van der Waals surface area contributed by atoms with Gasteiger partial charge in [0.05, 0.1) is 12.6 Å². The number of benzene rings is 2. The van der Waals surface area contributed by atoms with Gasteiger partial charge in [0.1, 0.15) is 5.69 Å². The monoisotopic (exact) mass is 633 g/mol. The van der Waals surface area contributed by atoms with E-state index in [0.29, 0.717) is 11.3 Å². The Labute approximate surface area is 220 Å². The van der Waals surface area contributed by atoms with Crippen LogP contribution >= 0.6 is 0 Å². The fourth-order valence-electron chi connectivity index (χ4n) is 4.34. The fraction of sp³-hybridized carbons (Fsp3) is 0.200. The van der Waals surface area contributed by atoms with Gasteiger partial charge >= 0.3 is 21.1 Å². The topological polar surface area (TPSA) is 53.9 Å². The second-order valence-electron chi connectivity index (χ2n) is 9.65. The Hall–Kier alpha value is -3.59. The van der Waals surface area contributed by atoms with Crippen molar-refractivity contribution in [3.63, 3.8) is 0 Å². The van der Waals surface area contributed by atoms with E-state index in [1.54, 1.807) is 0 Å². The quantitative estimate of drug-likeness (QED) is 0.200. The fourth-order valence-corrected chi connectivity index (χ4v) is 4.34. The zero-order chi connectivity index (χ0) is 24.1. The molecular weight excluding hydrogens is 611 g/mol. The van der Waals surface area contributed by atoms with Crippen LogP contribution in [0, 0.1) is 30.0 Å². The number of hydrogen-bond donors (Lipinski definition) is 0. The van der Waals surface area contributed by atoms with Crippen molar-refractivity contribution in [2.24, 2.45) is 0 Å². The van der Waals surface area contributed by atoms with Crippen LogP contribution in [0.1, 0.15) is 55.8 Å². The third kappa shape index (κ3) is 4.20. The number of pyridine rings is 2. The van der Waals surface area contributed by atoms with Gasteiger partial charge in [0.15, 0.2) is 0 Å². The SMILES string of the molecule is [C-]#[N+]c1cc2[c-]c(c1)C(C)(C)c1[c-]c(cc(C#N)c1)-c1cccc(n1)C(C)(C)c1cccc-2n1.[Pt+2]. The minimum atomic E-state index is -0.560. The van der Waals surface area contributed by atoms with Gasteiger partial charge in [-0.15, -0.1) is 58.7 Å². The molecule has 35 heavy (non-hydrogen) atoms. The summed E-state index contributed by atoms with van der Waals surface area (Å²) in [5.41, 5.74) is 6.54. The summed E-state index contributed by atoms with van der Waals surface area (Å²) < 4.78 is 0. The van der Waals surface area contributed by atoms with Gasteiger partial charge in [-0.05, 0) is 48.3 Å². The average molecular weight is 634 g/mol. The molecule has 5 heteroatoms. The van der Waals surface area contributed by atoms with E-state index in [1.807, 2.05) is 60.7 Å². The van der Waals surface area contributed by atoms with E-state index in [-0.39, 0.29) is 21.1 Å². The van der Waals surface area contributed by atoms with Crippen molar-refractivity contribution in [1.29, 1.82) is 5.26 Å². The van der Waals surface area contributed by atoms with Gasteiger partial charge in [-0.2, -0.15) is 5.26 Å². The van der Waals surface area contributed by atoms with Crippen molar-refractivity contribution in [3.8, 4) is 28.6 Å². The van der Waals surface area contributed by atoms with E-state index in [1.165, 1.54) is 0 Å². The van der Waals surface area contributed by atoms with Gasteiger partial charge in [0.2, 0.25) is 0 Å². The van der Waals surface area contributed by atoms with Gasteiger partial charge < -0.3 is 9.97 Å². The Balaban J connectivity index is 0.00000289. The molecule has 0 aliphatic carbocycles. The van der Waals surface area contributed by atoms with Crippen LogP contribution in [0.5, 0.6) is 0 Å². The first kappa shape index (κ1) is 24.5. The molecule has 0 radical (unpaired) electrons. The molecule has 2 aromatic heterocycles. The van der Waals surface area contributed by atoms with E-state index < -0.39 is 10.8 Å². The molecule has 0 N–H and O–H groups in total. The molecule has 2 aromatic carbocycles. The summed E-state index contributed by atoms with van der Waals surface area (Å²) in [6, 6.07) is 28.6. The van der Waals surface area contributed by atoms with Crippen LogP contribution in [-0.2, 0) is 31.9 Å². The molecule has 8 bridgehead atoms. The average Bonchev–Trinajstić information content (AvgIpc) is 2.87. The van der Waals surface area contributed by atoms with Crippen molar-refractivity contribution in [1.82, 2.24) is 9.97 Å². The number of nitriles is 1. The van der Waals surface area contributed by atoms with Crippen LogP contribution in [0.25, 0.3) is 27.4 Å². The van der Waals surface area contributed by atoms with Gasteiger partial charge in [0.25, 0.3) is 0 Å². The Morgan fingerprint density at radius 1 is 0.800 bits per heavy atom. The van der Waals surface area contributed by atoms with Gasteiger partial charge in [-0.3, -0.25) is 4.85 Å². The van der Waals surface area contributed by atoms with Crippen LogP contribution in [0.2, 0.25) is 0 Å². The molecule has 0 atom stereocenters. The zero-order valence-corrected chi connectivity index (χ0v) is 22.2. The van der Waals surface area contributed by atoms with Crippen molar-refractivity contribution >= 4 is 5.69 Å². The first-order valence-electron chi connectivity index (χ1n) is 11.1.